The van der Waals surface area contributed by atoms with E-state index in [4.69, 9.17) is 0 Å². The van der Waals surface area contributed by atoms with Gasteiger partial charge in [0.05, 0.1) is 0 Å². The maximum absolute atomic E-state index is 13.5. The number of aliphatic imine (C=N–C) groups is 1. The molecule has 6 heteroatoms. The van der Waals surface area contributed by atoms with Crippen molar-refractivity contribution < 1.29 is 4.39 Å². The van der Waals surface area contributed by atoms with Gasteiger partial charge in [-0.25, -0.2) is 4.39 Å². The maximum atomic E-state index is 13.5. The van der Waals surface area contributed by atoms with Gasteiger partial charge in [0.1, 0.15) is 5.82 Å². The van der Waals surface area contributed by atoms with Gasteiger partial charge in [-0.1, -0.05) is 13.0 Å². The quantitative estimate of drug-likeness (QED) is 0.535. The fraction of sp³-hybridized carbons (Fsp3) is 0.650. The van der Waals surface area contributed by atoms with Crippen LogP contribution in [0.1, 0.15) is 37.3 Å². The highest BCUT2D eigenvalue weighted by Crippen LogP contribution is 2.19. The molecule has 0 bridgehead atoms. The van der Waals surface area contributed by atoms with Crippen LogP contribution in [-0.2, 0) is 12.3 Å². The van der Waals surface area contributed by atoms with E-state index < -0.39 is 0 Å². The normalized spacial score (nSPS) is 16.7. The second kappa shape index (κ2) is 11.4. The summed E-state index contributed by atoms with van der Waals surface area (Å²) in [5.41, 5.74) is 2.17. The van der Waals surface area contributed by atoms with Crippen molar-refractivity contribution in [2.24, 2.45) is 10.9 Å². The molecule has 26 heavy (non-hydrogen) atoms. The Morgan fingerprint density at radius 3 is 2.69 bits per heavy atom. The van der Waals surface area contributed by atoms with Crippen molar-refractivity contribution in [1.29, 1.82) is 0 Å². The summed E-state index contributed by atoms with van der Waals surface area (Å²) in [4.78, 5) is 6.84. The fourth-order valence-electron chi connectivity index (χ4n) is 3.44. The average molecular weight is 381 g/mol. The smallest absolute Gasteiger partial charge is 0.191 e. The molecule has 146 valence electrons. The van der Waals surface area contributed by atoms with Crippen LogP contribution >= 0.6 is 11.8 Å². The summed E-state index contributed by atoms with van der Waals surface area (Å²) in [6.45, 7) is 7.48. The molecule has 0 aliphatic carbocycles. The molecule has 4 nitrogen and oxygen atoms in total. The van der Waals surface area contributed by atoms with Crippen molar-refractivity contribution in [1.82, 2.24) is 15.5 Å². The van der Waals surface area contributed by atoms with Gasteiger partial charge >= 0.3 is 0 Å². The number of halogens is 1. The Balaban J connectivity index is 1.74. The van der Waals surface area contributed by atoms with Crippen LogP contribution in [0.3, 0.4) is 0 Å². The third-order valence-corrected chi connectivity index (χ3v) is 5.74. The number of hydrogen-bond acceptors (Lipinski definition) is 3. The van der Waals surface area contributed by atoms with E-state index in [0.29, 0.717) is 6.54 Å². The second-order valence-electron chi connectivity index (χ2n) is 6.86. The number of rotatable bonds is 8. The Morgan fingerprint density at radius 2 is 2.04 bits per heavy atom. The molecule has 1 fully saturated rings. The number of thioether (sulfide) groups is 1. The molecule has 0 saturated carbocycles. The van der Waals surface area contributed by atoms with Gasteiger partial charge in [0.15, 0.2) is 5.96 Å². The molecule has 2 N–H and O–H groups in total. The summed E-state index contributed by atoms with van der Waals surface area (Å²) in [5.74, 6) is 2.27. The lowest BCUT2D eigenvalue weighted by molar-refractivity contribution is 0.187. The highest BCUT2D eigenvalue weighted by Gasteiger charge is 2.17. The number of likely N-dealkylation sites (tertiary alicyclic amines) is 1. The number of piperidine rings is 1. The first kappa shape index (κ1) is 21.0. The topological polar surface area (TPSA) is 39.7 Å². The molecule has 0 radical (unpaired) electrons. The van der Waals surface area contributed by atoms with Gasteiger partial charge in [-0.2, -0.15) is 11.8 Å². The number of guanidine groups is 1. The molecule has 1 saturated heterocycles. The minimum absolute atomic E-state index is 0.172. The predicted molar refractivity (Wildman–Crippen MR) is 111 cm³/mol. The summed E-state index contributed by atoms with van der Waals surface area (Å²) in [5, 5.41) is 6.78. The van der Waals surface area contributed by atoms with E-state index in [0.717, 1.165) is 35.3 Å². The molecule has 0 unspecified atom stereocenters. The lowest BCUT2D eigenvalue weighted by Crippen LogP contribution is -2.39. The molecule has 0 aromatic heterocycles. The molecule has 1 heterocycles. The Labute approximate surface area is 162 Å². The summed E-state index contributed by atoms with van der Waals surface area (Å²) >= 11 is 1.71. The van der Waals surface area contributed by atoms with Crippen LogP contribution in [0.15, 0.2) is 23.2 Å². The van der Waals surface area contributed by atoms with Crippen molar-refractivity contribution in [2.75, 3.05) is 39.5 Å². The number of benzene rings is 1. The Kier molecular flexibility index (Phi) is 9.26. The second-order valence-corrected chi connectivity index (χ2v) is 7.73. The van der Waals surface area contributed by atoms with E-state index in [1.807, 2.05) is 12.3 Å². The highest BCUT2D eigenvalue weighted by atomic mass is 32.2. The van der Waals surface area contributed by atoms with Crippen molar-refractivity contribution in [3.05, 3.63) is 35.1 Å². The minimum atomic E-state index is -0.172. The number of nitrogens with one attached hydrogen (secondary N) is 2. The highest BCUT2D eigenvalue weighted by molar-refractivity contribution is 7.97. The van der Waals surface area contributed by atoms with Crippen LogP contribution in [0.2, 0.25) is 0 Å². The van der Waals surface area contributed by atoms with E-state index in [1.54, 1.807) is 24.9 Å². The van der Waals surface area contributed by atoms with E-state index in [-0.39, 0.29) is 5.82 Å². The summed E-state index contributed by atoms with van der Waals surface area (Å²) in [6, 6.07) is 5.02. The van der Waals surface area contributed by atoms with Gasteiger partial charge in [0.25, 0.3) is 0 Å². The Morgan fingerprint density at radius 1 is 1.27 bits per heavy atom. The molecular weight excluding hydrogens is 347 g/mol. The lowest BCUT2D eigenvalue weighted by atomic mass is 9.93. The fourth-order valence-corrected chi connectivity index (χ4v) is 4.02. The van der Waals surface area contributed by atoms with Crippen LogP contribution in [0, 0.1) is 11.7 Å². The van der Waals surface area contributed by atoms with E-state index in [9.17, 15) is 4.39 Å². The number of nitrogens with zero attached hydrogens (tertiary/aromatic N) is 2. The van der Waals surface area contributed by atoms with Crippen molar-refractivity contribution in [2.45, 2.75) is 38.5 Å². The number of hydrogen-bond donors (Lipinski definition) is 2. The van der Waals surface area contributed by atoms with Crippen molar-refractivity contribution >= 4 is 17.7 Å². The monoisotopic (exact) mass is 380 g/mol. The zero-order valence-electron chi connectivity index (χ0n) is 16.4. The van der Waals surface area contributed by atoms with E-state index in [2.05, 4.69) is 27.4 Å². The van der Waals surface area contributed by atoms with Gasteiger partial charge in [-0.3, -0.25) is 4.99 Å². The molecule has 1 aliphatic heterocycles. The zero-order chi connectivity index (χ0) is 18.8. The third-order valence-electron chi connectivity index (χ3n) is 5.14. The van der Waals surface area contributed by atoms with Crippen molar-refractivity contribution in [3.63, 3.8) is 0 Å². The molecular formula is C20H33FN4S. The van der Waals surface area contributed by atoms with Gasteiger partial charge < -0.3 is 15.5 Å². The average Bonchev–Trinajstić information content (AvgIpc) is 2.66. The lowest BCUT2D eigenvalue weighted by Gasteiger charge is -2.31. The maximum Gasteiger partial charge on any atom is 0.191 e. The molecule has 1 aliphatic rings. The molecule has 1 aromatic rings. The Bertz CT molecular complexity index is 571. The standard InChI is InChI=1S/C20H33FN4S/c1-4-25-11-8-16(9-12-25)7-10-23-20(22-2)24-14-17-5-6-19(21)13-18(17)15-26-3/h5-6,13,16H,4,7-12,14-15H2,1-3H3,(H2,22,23,24). The van der Waals surface area contributed by atoms with Gasteiger partial charge in [0.2, 0.25) is 0 Å². The third kappa shape index (κ3) is 6.80. The first-order chi connectivity index (χ1) is 12.7. The molecule has 0 spiro atoms. The van der Waals surface area contributed by atoms with Crippen LogP contribution in [0.25, 0.3) is 0 Å². The minimum Gasteiger partial charge on any atom is -0.356 e. The molecule has 0 amide bonds. The molecule has 0 atom stereocenters. The van der Waals surface area contributed by atoms with Crippen LogP contribution in [0.5, 0.6) is 0 Å². The predicted octanol–water partition coefficient (Wildman–Crippen LogP) is 3.48. The van der Waals surface area contributed by atoms with Gasteiger partial charge in [-0.15, -0.1) is 0 Å². The largest absolute Gasteiger partial charge is 0.356 e. The van der Waals surface area contributed by atoms with Gasteiger partial charge in [0, 0.05) is 25.9 Å². The summed E-state index contributed by atoms with van der Waals surface area (Å²) in [7, 11) is 1.79. The van der Waals surface area contributed by atoms with Crippen LogP contribution in [0.4, 0.5) is 4.39 Å². The SMILES string of the molecule is CCN1CCC(CCNC(=NC)NCc2ccc(F)cc2CSC)CC1. The van der Waals surface area contributed by atoms with Crippen molar-refractivity contribution in [3.8, 4) is 0 Å². The summed E-state index contributed by atoms with van der Waals surface area (Å²) in [6.07, 6.45) is 5.82. The molecule has 1 aromatic carbocycles. The zero-order valence-corrected chi connectivity index (χ0v) is 17.2. The summed E-state index contributed by atoms with van der Waals surface area (Å²) < 4.78 is 13.5. The van der Waals surface area contributed by atoms with E-state index >= 15 is 0 Å². The first-order valence-electron chi connectivity index (χ1n) is 9.59. The van der Waals surface area contributed by atoms with Crippen LogP contribution < -0.4 is 10.6 Å². The first-order valence-corrected chi connectivity index (χ1v) is 11.0. The molecule has 2 rings (SSSR count). The Hall–Kier alpha value is -1.27. The van der Waals surface area contributed by atoms with E-state index in [1.165, 1.54) is 45.0 Å². The van der Waals surface area contributed by atoms with Crippen LogP contribution in [-0.4, -0.2) is 50.3 Å². The van der Waals surface area contributed by atoms with Gasteiger partial charge in [-0.05, 0) is 74.3 Å².